The summed E-state index contributed by atoms with van der Waals surface area (Å²) in [5.41, 5.74) is -1.07. The summed E-state index contributed by atoms with van der Waals surface area (Å²) in [6.45, 7) is 0. The third-order valence-electron chi connectivity index (χ3n) is 1.70. The van der Waals surface area contributed by atoms with Crippen molar-refractivity contribution >= 4 is 40.9 Å². The summed E-state index contributed by atoms with van der Waals surface area (Å²) in [7, 11) is -4.64. The Labute approximate surface area is 108 Å². The van der Waals surface area contributed by atoms with Crippen LogP contribution in [0.15, 0.2) is 23.1 Å². The van der Waals surface area contributed by atoms with Crippen molar-refractivity contribution in [1.82, 2.24) is 0 Å². The Hall–Kier alpha value is -1.33. The normalized spacial score (nSPS) is 10.4. The zero-order chi connectivity index (χ0) is 12.5. The summed E-state index contributed by atoms with van der Waals surface area (Å²) in [5, 5.41) is 17.2. The zero-order valence-corrected chi connectivity index (χ0v) is 9.43. The van der Waals surface area contributed by atoms with Gasteiger partial charge in [-0.3, -0.25) is 4.55 Å². The first-order valence-corrected chi connectivity index (χ1v) is 5.25. The number of carboxylic acids is 2. The maximum atomic E-state index is 10.8. The molecule has 3 N–H and O–H groups in total. The summed E-state index contributed by atoms with van der Waals surface area (Å²) >= 11 is 0. The van der Waals surface area contributed by atoms with Crippen LogP contribution in [0.25, 0.3) is 0 Å². The van der Waals surface area contributed by atoms with Gasteiger partial charge in [-0.05, 0) is 18.2 Å². The van der Waals surface area contributed by atoms with Gasteiger partial charge in [0, 0.05) is 18.9 Å². The van der Waals surface area contributed by atoms with Gasteiger partial charge < -0.3 is 10.2 Å². The van der Waals surface area contributed by atoms with Gasteiger partial charge in [-0.15, -0.1) is 0 Å². The third kappa shape index (κ3) is 3.87. The van der Waals surface area contributed by atoms with Gasteiger partial charge in [-0.1, -0.05) is 0 Å². The van der Waals surface area contributed by atoms with E-state index in [2.05, 4.69) is 0 Å². The topological polar surface area (TPSA) is 129 Å². The molecule has 9 heteroatoms. The number of hydrogen-bond acceptors (Lipinski definition) is 4. The quantitative estimate of drug-likeness (QED) is 0.508. The smallest absolute Gasteiger partial charge is 0.335 e. The van der Waals surface area contributed by atoms with Gasteiger partial charge in [0.2, 0.25) is 0 Å². The minimum absolute atomic E-state index is 0. The molecule has 1 aromatic carbocycles. The second kappa shape index (κ2) is 5.33. The van der Waals surface area contributed by atoms with E-state index in [0.29, 0.717) is 12.1 Å². The molecular weight excluding hydrogens is 247 g/mol. The Kier molecular flexibility index (Phi) is 4.91. The van der Waals surface area contributed by atoms with Gasteiger partial charge in [0.05, 0.1) is 16.0 Å². The van der Waals surface area contributed by atoms with Gasteiger partial charge in [0.15, 0.2) is 0 Å². The van der Waals surface area contributed by atoms with Gasteiger partial charge in [0.1, 0.15) is 0 Å². The van der Waals surface area contributed by atoms with Crippen LogP contribution in [0.3, 0.4) is 0 Å². The van der Waals surface area contributed by atoms with Crippen molar-refractivity contribution in [3.63, 3.8) is 0 Å². The van der Waals surface area contributed by atoms with Crippen LogP contribution < -0.4 is 0 Å². The van der Waals surface area contributed by atoms with E-state index in [-0.39, 0.29) is 18.9 Å². The van der Waals surface area contributed by atoms with Crippen molar-refractivity contribution in [2.75, 3.05) is 0 Å². The maximum absolute atomic E-state index is 10.8. The molecule has 1 aromatic rings. The van der Waals surface area contributed by atoms with Crippen LogP contribution in [-0.4, -0.2) is 54.0 Å². The van der Waals surface area contributed by atoms with Crippen LogP contribution in [0.2, 0.25) is 0 Å². The van der Waals surface area contributed by atoms with Gasteiger partial charge in [-0.2, -0.15) is 8.42 Å². The first-order chi connectivity index (χ1) is 7.21. The van der Waals surface area contributed by atoms with E-state index in [1.807, 2.05) is 0 Å². The predicted molar refractivity (Wildman–Crippen MR) is 55.9 cm³/mol. The number of carbonyl (C=O) groups is 2. The fraction of sp³-hybridized carbons (Fsp3) is 0. The number of rotatable bonds is 3. The third-order valence-corrected chi connectivity index (χ3v) is 2.53. The van der Waals surface area contributed by atoms with Crippen LogP contribution in [-0.2, 0) is 10.1 Å². The van der Waals surface area contributed by atoms with Gasteiger partial charge in [-0.25, -0.2) is 9.59 Å². The molecule has 7 nitrogen and oxygen atoms in total. The molecule has 0 unspecified atom stereocenters. The second-order valence-corrected chi connectivity index (χ2v) is 4.25. The molecule has 0 bridgehead atoms. The van der Waals surface area contributed by atoms with E-state index in [1.165, 1.54) is 0 Å². The van der Waals surface area contributed by atoms with Crippen molar-refractivity contribution < 1.29 is 32.8 Å². The Balaban J connectivity index is 0.00000256. The van der Waals surface area contributed by atoms with E-state index >= 15 is 0 Å². The number of aromatic carboxylic acids is 2. The molecule has 0 aliphatic carbocycles. The van der Waals surface area contributed by atoms with Crippen molar-refractivity contribution in [3.05, 3.63) is 29.3 Å². The first kappa shape index (κ1) is 15.7. The van der Waals surface area contributed by atoms with Crippen LogP contribution in [0.4, 0.5) is 0 Å². The molecule has 17 heavy (non-hydrogen) atoms. The Morgan fingerprint density at radius 2 is 1.29 bits per heavy atom. The summed E-state index contributed by atoms with van der Waals surface area (Å²) in [5.74, 6) is -2.99. The van der Waals surface area contributed by atoms with Crippen molar-refractivity contribution in [2.24, 2.45) is 0 Å². The Morgan fingerprint density at radius 1 is 0.941 bits per heavy atom. The molecule has 0 atom stereocenters. The fourth-order valence-corrected chi connectivity index (χ4v) is 1.55. The molecule has 0 spiro atoms. The van der Waals surface area contributed by atoms with E-state index in [0.717, 1.165) is 6.07 Å². The average molecular weight is 253 g/mol. The molecule has 0 fully saturated rings. The molecule has 0 aromatic heterocycles. The average Bonchev–Trinajstić information content (AvgIpc) is 2.15. The minimum Gasteiger partial charge on any atom is -0.478 e. The van der Waals surface area contributed by atoms with Gasteiger partial charge in [0.25, 0.3) is 10.1 Å². The first-order valence-electron chi connectivity index (χ1n) is 3.81. The van der Waals surface area contributed by atoms with Crippen LogP contribution in [0.1, 0.15) is 20.7 Å². The molecule has 0 aliphatic heterocycles. The standard InChI is InChI=1S/C8H6O7S.Li/c9-7(10)4-1-5(8(11)12)3-6(2-4)16(13,14)15;/h1-3H,(H,9,10)(H,11,12)(H,13,14,15);. The van der Waals surface area contributed by atoms with Crippen molar-refractivity contribution in [1.29, 1.82) is 0 Å². The summed E-state index contributed by atoms with van der Waals surface area (Å²) in [6, 6.07) is 2.13. The summed E-state index contributed by atoms with van der Waals surface area (Å²) in [4.78, 5) is 20.4. The Bertz CT molecular complexity index is 531. The van der Waals surface area contributed by atoms with E-state index in [9.17, 15) is 18.0 Å². The summed E-state index contributed by atoms with van der Waals surface area (Å²) < 4.78 is 30.2. The predicted octanol–water partition coefficient (Wildman–Crippen LogP) is -0.0511. The number of hydrogen-bond donors (Lipinski definition) is 3. The van der Waals surface area contributed by atoms with E-state index in [4.69, 9.17) is 14.8 Å². The molecule has 87 valence electrons. The van der Waals surface area contributed by atoms with Crippen molar-refractivity contribution in [3.8, 4) is 0 Å². The van der Waals surface area contributed by atoms with Crippen LogP contribution in [0.5, 0.6) is 0 Å². The largest absolute Gasteiger partial charge is 0.478 e. The monoisotopic (exact) mass is 253 g/mol. The molecular formula is C8H6LiO7S. The minimum atomic E-state index is -4.64. The van der Waals surface area contributed by atoms with Gasteiger partial charge >= 0.3 is 11.9 Å². The fourth-order valence-electron chi connectivity index (χ4n) is 0.995. The summed E-state index contributed by atoms with van der Waals surface area (Å²) in [6.07, 6.45) is 0. The van der Waals surface area contributed by atoms with Crippen LogP contribution >= 0.6 is 0 Å². The number of carboxylic acid groups (broad SMARTS) is 2. The molecule has 0 saturated carbocycles. The number of benzene rings is 1. The Morgan fingerprint density at radius 3 is 1.53 bits per heavy atom. The second-order valence-electron chi connectivity index (χ2n) is 2.83. The molecule has 1 radical (unpaired) electrons. The zero-order valence-electron chi connectivity index (χ0n) is 8.61. The molecule has 0 aliphatic rings. The van der Waals surface area contributed by atoms with E-state index in [1.54, 1.807) is 0 Å². The molecule has 0 heterocycles. The molecule has 0 saturated heterocycles. The maximum Gasteiger partial charge on any atom is 0.335 e. The van der Waals surface area contributed by atoms with E-state index < -0.39 is 38.1 Å². The molecule has 1 rings (SSSR count). The molecule has 0 amide bonds. The van der Waals surface area contributed by atoms with Crippen LogP contribution in [0, 0.1) is 0 Å². The van der Waals surface area contributed by atoms with Crippen molar-refractivity contribution in [2.45, 2.75) is 4.90 Å². The SMILES string of the molecule is O=C(O)c1cc(C(=O)O)cc(S(=O)(=O)O)c1.[Li].